The Morgan fingerprint density at radius 3 is 2.72 bits per heavy atom. The molecule has 0 saturated carbocycles. The van der Waals surface area contributed by atoms with Crippen LogP contribution < -0.4 is 15.0 Å². The van der Waals surface area contributed by atoms with E-state index in [1.54, 1.807) is 18.5 Å². The second kappa shape index (κ2) is 9.99. The molecule has 0 amide bonds. The molecule has 1 atom stereocenters. The van der Waals surface area contributed by atoms with Crippen molar-refractivity contribution in [3.8, 4) is 11.5 Å². The minimum absolute atomic E-state index is 0.147. The van der Waals surface area contributed by atoms with Gasteiger partial charge in [0.25, 0.3) is 5.56 Å². The molecule has 1 aliphatic heterocycles. The summed E-state index contributed by atoms with van der Waals surface area (Å²) in [5.74, 6) is 2.55. The van der Waals surface area contributed by atoms with Crippen LogP contribution in [0.2, 0.25) is 0 Å². The lowest BCUT2D eigenvalue weighted by Crippen LogP contribution is -2.38. The third-order valence-electron chi connectivity index (χ3n) is 7.25. The number of tetrazole rings is 1. The highest BCUT2D eigenvalue weighted by atomic mass is 16.7. The summed E-state index contributed by atoms with van der Waals surface area (Å²) < 4.78 is 18.7. The summed E-state index contributed by atoms with van der Waals surface area (Å²) >= 11 is 0. The van der Waals surface area contributed by atoms with Crippen LogP contribution in [0.3, 0.4) is 0 Å². The van der Waals surface area contributed by atoms with Gasteiger partial charge in [0.05, 0.1) is 23.9 Å². The van der Waals surface area contributed by atoms with Crippen molar-refractivity contribution in [2.45, 2.75) is 51.9 Å². The van der Waals surface area contributed by atoms with Crippen molar-refractivity contribution in [1.29, 1.82) is 0 Å². The highest BCUT2D eigenvalue weighted by molar-refractivity contribution is 5.83. The van der Waals surface area contributed by atoms with Crippen LogP contribution >= 0.6 is 0 Å². The van der Waals surface area contributed by atoms with E-state index in [1.807, 2.05) is 47.3 Å². The normalized spacial score (nSPS) is 13.8. The fraction of sp³-hybridized carbons (Fsp3) is 0.321. The first-order valence-corrected chi connectivity index (χ1v) is 12.8. The molecular formula is C28H29N7O4. The molecule has 0 spiro atoms. The topological polar surface area (TPSA) is 124 Å². The van der Waals surface area contributed by atoms with Crippen LogP contribution in [0.25, 0.3) is 10.9 Å². The number of furan rings is 1. The summed E-state index contributed by atoms with van der Waals surface area (Å²) in [5.41, 5.74) is 1.50. The number of H-pyrrole nitrogens is 1. The van der Waals surface area contributed by atoms with E-state index in [2.05, 4.69) is 51.2 Å². The molecule has 1 unspecified atom stereocenters. The van der Waals surface area contributed by atoms with Gasteiger partial charge in [0.2, 0.25) is 6.79 Å². The summed E-state index contributed by atoms with van der Waals surface area (Å²) in [6.45, 7) is 7.26. The lowest BCUT2D eigenvalue weighted by atomic mass is 9.98. The van der Waals surface area contributed by atoms with Gasteiger partial charge in [0.15, 0.2) is 17.3 Å². The molecular weight excluding hydrogens is 498 g/mol. The number of benzene rings is 1. The van der Waals surface area contributed by atoms with E-state index in [4.69, 9.17) is 13.9 Å². The second-order valence-electron chi connectivity index (χ2n) is 10.2. The van der Waals surface area contributed by atoms with Crippen molar-refractivity contribution in [3.05, 3.63) is 94.2 Å². The smallest absolute Gasteiger partial charge is 0.253 e. The van der Waals surface area contributed by atoms with E-state index in [-0.39, 0.29) is 12.4 Å². The monoisotopic (exact) mass is 527 g/mol. The number of fused-ring (bicyclic) bond motifs is 2. The van der Waals surface area contributed by atoms with Crippen molar-refractivity contribution in [2.75, 3.05) is 6.79 Å². The van der Waals surface area contributed by atoms with E-state index < -0.39 is 11.6 Å². The van der Waals surface area contributed by atoms with Gasteiger partial charge in [0.1, 0.15) is 11.8 Å². The number of hydrogen-bond donors (Lipinski definition) is 1. The van der Waals surface area contributed by atoms with Gasteiger partial charge < -0.3 is 18.9 Å². The molecule has 1 aliphatic rings. The molecule has 0 aliphatic carbocycles. The van der Waals surface area contributed by atoms with Crippen LogP contribution in [-0.4, -0.2) is 41.9 Å². The van der Waals surface area contributed by atoms with Gasteiger partial charge in [0, 0.05) is 36.0 Å². The first-order chi connectivity index (χ1) is 18.9. The third kappa shape index (κ3) is 4.76. The molecule has 1 aromatic carbocycles. The molecule has 6 rings (SSSR count). The van der Waals surface area contributed by atoms with Crippen molar-refractivity contribution in [3.63, 3.8) is 0 Å². The van der Waals surface area contributed by atoms with Gasteiger partial charge in [-0.1, -0.05) is 13.0 Å². The summed E-state index contributed by atoms with van der Waals surface area (Å²) in [6, 6.07) is 12.6. The highest BCUT2D eigenvalue weighted by Gasteiger charge is 2.35. The second-order valence-corrected chi connectivity index (χ2v) is 10.2. The molecule has 0 bridgehead atoms. The maximum atomic E-state index is 13.8. The van der Waals surface area contributed by atoms with Crippen molar-refractivity contribution in [2.24, 2.45) is 0 Å². The van der Waals surface area contributed by atoms with E-state index in [1.165, 1.54) is 0 Å². The molecule has 4 aromatic heterocycles. The maximum absolute atomic E-state index is 13.8. The van der Waals surface area contributed by atoms with E-state index in [0.717, 1.165) is 23.1 Å². The Morgan fingerprint density at radius 2 is 1.97 bits per heavy atom. The molecule has 11 heteroatoms. The molecule has 0 radical (unpaired) electrons. The van der Waals surface area contributed by atoms with Gasteiger partial charge in [-0.25, -0.2) is 4.68 Å². The third-order valence-corrected chi connectivity index (χ3v) is 7.25. The summed E-state index contributed by atoms with van der Waals surface area (Å²) in [7, 11) is 0. The number of ether oxygens (including phenoxy) is 2. The van der Waals surface area contributed by atoms with Crippen LogP contribution in [0.5, 0.6) is 11.5 Å². The molecule has 5 aromatic rings. The first-order valence-electron chi connectivity index (χ1n) is 12.8. The number of pyridine rings is 2. The zero-order valence-corrected chi connectivity index (χ0v) is 22.0. The van der Waals surface area contributed by atoms with Gasteiger partial charge in [-0.3, -0.25) is 14.7 Å². The van der Waals surface area contributed by atoms with Gasteiger partial charge in [-0.2, -0.15) is 0 Å². The van der Waals surface area contributed by atoms with Crippen LogP contribution in [-0.2, 0) is 18.6 Å². The molecule has 5 heterocycles. The Morgan fingerprint density at radius 1 is 1.13 bits per heavy atom. The van der Waals surface area contributed by atoms with Gasteiger partial charge in [-0.15, -0.1) is 5.10 Å². The first kappa shape index (κ1) is 24.8. The Labute approximate surface area is 224 Å². The Bertz CT molecular complexity index is 1640. The Hall–Kier alpha value is -4.51. The molecule has 200 valence electrons. The highest BCUT2D eigenvalue weighted by Crippen LogP contribution is 2.37. The Balaban J connectivity index is 1.56. The van der Waals surface area contributed by atoms with E-state index in [0.29, 0.717) is 41.5 Å². The number of nitrogens with zero attached hydrogens (tertiary/aromatic N) is 6. The van der Waals surface area contributed by atoms with Crippen LogP contribution in [0, 0.1) is 0 Å². The minimum Gasteiger partial charge on any atom is -0.468 e. The number of hydrogen-bond acceptors (Lipinski definition) is 9. The molecule has 0 fully saturated rings. The fourth-order valence-electron chi connectivity index (χ4n) is 4.83. The zero-order chi connectivity index (χ0) is 27.0. The summed E-state index contributed by atoms with van der Waals surface area (Å²) in [5, 5.41) is 13.7. The fourth-order valence-corrected chi connectivity index (χ4v) is 4.83. The Kier molecular flexibility index (Phi) is 6.35. The van der Waals surface area contributed by atoms with Crippen molar-refractivity contribution >= 4 is 10.9 Å². The number of aromatic nitrogens is 6. The van der Waals surface area contributed by atoms with Crippen LogP contribution in [0.15, 0.2) is 70.3 Å². The molecule has 1 N–H and O–H groups in total. The largest absolute Gasteiger partial charge is 0.468 e. The quantitative estimate of drug-likeness (QED) is 0.301. The zero-order valence-electron chi connectivity index (χ0n) is 22.0. The minimum atomic E-state index is -0.616. The number of nitrogens with one attached hydrogen (secondary N) is 1. The number of rotatable bonds is 9. The SMILES string of the molecule is CCC(C)(C)n1nnnc1C(c1cc2cc3c(cc2[nH]c1=O)OCO3)N(Cc1cccnc1)Cc1ccco1. The lowest BCUT2D eigenvalue weighted by Gasteiger charge is -2.33. The van der Waals surface area contributed by atoms with E-state index in [9.17, 15) is 4.79 Å². The van der Waals surface area contributed by atoms with Crippen molar-refractivity contribution < 1.29 is 13.9 Å². The maximum Gasteiger partial charge on any atom is 0.253 e. The number of aromatic amines is 1. The van der Waals surface area contributed by atoms with Crippen LogP contribution in [0.1, 0.15) is 55.9 Å². The van der Waals surface area contributed by atoms with Gasteiger partial charge in [-0.05, 0) is 66.6 Å². The van der Waals surface area contributed by atoms with Gasteiger partial charge >= 0.3 is 0 Å². The standard InChI is InChI=1S/C28H29N7O4/c1-4-28(2,3)35-26(31-32-33-35)25(34(16-20-8-6-10-37-20)15-18-7-5-9-29-14-18)21-11-19-12-23-24(39-17-38-23)13-22(19)30-27(21)36/h5-14,25H,4,15-17H2,1-3H3,(H,30,36). The predicted molar refractivity (Wildman–Crippen MR) is 142 cm³/mol. The lowest BCUT2D eigenvalue weighted by molar-refractivity contribution is 0.168. The predicted octanol–water partition coefficient (Wildman–Crippen LogP) is 4.17. The van der Waals surface area contributed by atoms with E-state index >= 15 is 0 Å². The van der Waals surface area contributed by atoms with Crippen LogP contribution in [0.4, 0.5) is 0 Å². The van der Waals surface area contributed by atoms with Crippen molar-refractivity contribution in [1.82, 2.24) is 35.1 Å². The average Bonchev–Trinajstić information content (AvgIpc) is 3.71. The summed E-state index contributed by atoms with van der Waals surface area (Å²) in [6.07, 6.45) is 5.98. The summed E-state index contributed by atoms with van der Waals surface area (Å²) in [4.78, 5) is 23.3. The average molecular weight is 528 g/mol. The molecule has 11 nitrogen and oxygen atoms in total. The molecule has 39 heavy (non-hydrogen) atoms. The molecule has 0 saturated heterocycles.